The van der Waals surface area contributed by atoms with Crippen molar-refractivity contribution in [3.05, 3.63) is 77.1 Å². The molecule has 0 fully saturated rings. The van der Waals surface area contributed by atoms with Crippen molar-refractivity contribution in [1.82, 2.24) is 9.97 Å². The lowest BCUT2D eigenvalue weighted by Gasteiger charge is -2.08. The summed E-state index contributed by atoms with van der Waals surface area (Å²) in [5, 5.41) is 2.56. The smallest absolute Gasteiger partial charge is 0.150 e. The Morgan fingerprint density at radius 3 is 2.38 bits per heavy atom. The normalized spacial score (nSPS) is 10.9. The summed E-state index contributed by atoms with van der Waals surface area (Å²) in [4.78, 5) is 23.6. The number of aromatic nitrogens is 2. The molecule has 6 nitrogen and oxygen atoms in total. The van der Waals surface area contributed by atoms with Crippen molar-refractivity contribution in [1.29, 1.82) is 0 Å². The average Bonchev–Trinajstić information content (AvgIpc) is 2.87. The molecule has 4 rings (SSSR count). The third-order valence-corrected chi connectivity index (χ3v) is 5.33. The standard InChI is InChI=1S/C14H15ClN2.C13H13NO3/c1-2-3-7-16-10-11-4-5-14-12(9-11)13(15)6-8-17-14;1-16-6-7-17-13-4-5-14-12-3-2-10(9-15)8-11(12)13/h4-6,8-10H,2-3,7H2,1H3;2-5,8-9H,6-7H2,1H3. The first-order valence-corrected chi connectivity index (χ1v) is 11.5. The number of unbranched alkanes of at least 4 members (excludes halogenated alkanes) is 1. The van der Waals surface area contributed by atoms with Crippen LogP contribution in [0.3, 0.4) is 0 Å². The fourth-order valence-corrected chi connectivity index (χ4v) is 3.41. The van der Waals surface area contributed by atoms with Crippen LogP contribution in [0.25, 0.3) is 21.8 Å². The van der Waals surface area contributed by atoms with Crippen molar-refractivity contribution in [2.45, 2.75) is 19.8 Å². The monoisotopic (exact) mass is 477 g/mol. The Morgan fingerprint density at radius 1 is 0.941 bits per heavy atom. The van der Waals surface area contributed by atoms with Crippen molar-refractivity contribution in [3.8, 4) is 5.75 Å². The molecule has 0 saturated carbocycles. The van der Waals surface area contributed by atoms with Crippen LogP contribution in [0.2, 0.25) is 5.02 Å². The molecule has 0 aliphatic carbocycles. The van der Waals surface area contributed by atoms with Gasteiger partial charge in [-0.25, -0.2) is 0 Å². The van der Waals surface area contributed by atoms with E-state index in [1.165, 1.54) is 6.42 Å². The molecule has 176 valence electrons. The van der Waals surface area contributed by atoms with Gasteiger partial charge in [-0.1, -0.05) is 31.0 Å². The Bertz CT molecular complexity index is 1260. The van der Waals surface area contributed by atoms with Gasteiger partial charge in [-0.3, -0.25) is 19.8 Å². The SMILES string of the molecule is CCCCN=Cc1ccc2nccc(Cl)c2c1.COCCOc1ccnc2ccc(C=O)cc12. The second-order valence-corrected chi connectivity index (χ2v) is 7.91. The number of ether oxygens (including phenoxy) is 2. The number of carbonyl (C=O) groups is 1. The van der Waals surface area contributed by atoms with Crippen LogP contribution < -0.4 is 4.74 Å². The van der Waals surface area contributed by atoms with Gasteiger partial charge in [0.2, 0.25) is 0 Å². The molecule has 4 aromatic rings. The van der Waals surface area contributed by atoms with Crippen LogP contribution >= 0.6 is 11.6 Å². The van der Waals surface area contributed by atoms with E-state index in [4.69, 9.17) is 21.1 Å². The molecular formula is C27H28ClN3O3. The van der Waals surface area contributed by atoms with Crippen LogP contribution in [-0.4, -0.2) is 49.3 Å². The number of hydrogen-bond acceptors (Lipinski definition) is 6. The van der Waals surface area contributed by atoms with Gasteiger partial charge in [0.05, 0.1) is 22.7 Å². The first-order valence-electron chi connectivity index (χ1n) is 11.2. The van der Waals surface area contributed by atoms with Crippen LogP contribution in [0.15, 0.2) is 65.9 Å². The predicted molar refractivity (Wildman–Crippen MR) is 139 cm³/mol. The zero-order valence-corrected chi connectivity index (χ0v) is 20.2. The minimum atomic E-state index is 0.473. The zero-order chi connectivity index (χ0) is 24.2. The van der Waals surface area contributed by atoms with Crippen LogP contribution in [0.1, 0.15) is 35.7 Å². The largest absolute Gasteiger partial charge is 0.490 e. The molecule has 0 aliphatic rings. The Balaban J connectivity index is 0.000000191. The number of aldehydes is 1. The van der Waals surface area contributed by atoms with E-state index in [2.05, 4.69) is 21.9 Å². The fourth-order valence-electron chi connectivity index (χ4n) is 3.20. The maximum absolute atomic E-state index is 10.7. The summed E-state index contributed by atoms with van der Waals surface area (Å²) in [6, 6.07) is 14.9. The quantitative estimate of drug-likeness (QED) is 0.163. The van der Waals surface area contributed by atoms with E-state index in [0.29, 0.717) is 18.8 Å². The predicted octanol–water partition coefficient (Wildman–Crippen LogP) is 6.18. The summed E-state index contributed by atoms with van der Waals surface area (Å²) in [7, 11) is 1.62. The van der Waals surface area contributed by atoms with E-state index in [1.807, 2.05) is 36.5 Å². The molecule has 2 aromatic heterocycles. The van der Waals surface area contributed by atoms with Crippen molar-refractivity contribution in [2.24, 2.45) is 4.99 Å². The highest BCUT2D eigenvalue weighted by atomic mass is 35.5. The van der Waals surface area contributed by atoms with Crippen LogP contribution in [0.4, 0.5) is 0 Å². The van der Waals surface area contributed by atoms with Crippen LogP contribution in [-0.2, 0) is 4.74 Å². The molecule has 34 heavy (non-hydrogen) atoms. The van der Waals surface area contributed by atoms with Crippen LogP contribution in [0, 0.1) is 0 Å². The van der Waals surface area contributed by atoms with Gasteiger partial charge < -0.3 is 9.47 Å². The first-order chi connectivity index (χ1) is 16.7. The molecule has 0 saturated heterocycles. The van der Waals surface area contributed by atoms with Crippen molar-refractivity contribution in [3.63, 3.8) is 0 Å². The Morgan fingerprint density at radius 2 is 1.65 bits per heavy atom. The van der Waals surface area contributed by atoms with E-state index in [9.17, 15) is 4.79 Å². The lowest BCUT2D eigenvalue weighted by Crippen LogP contribution is -2.04. The maximum atomic E-state index is 10.7. The average molecular weight is 478 g/mol. The highest BCUT2D eigenvalue weighted by Crippen LogP contribution is 2.24. The number of benzene rings is 2. The van der Waals surface area contributed by atoms with Crippen molar-refractivity contribution >= 4 is 45.9 Å². The minimum Gasteiger partial charge on any atom is -0.490 e. The number of rotatable bonds is 9. The lowest BCUT2D eigenvalue weighted by molar-refractivity contribution is 0.112. The molecule has 0 amide bonds. The van der Waals surface area contributed by atoms with Gasteiger partial charge in [-0.2, -0.15) is 0 Å². The van der Waals surface area contributed by atoms with E-state index >= 15 is 0 Å². The van der Waals surface area contributed by atoms with Gasteiger partial charge in [0.25, 0.3) is 0 Å². The second kappa shape index (κ2) is 13.4. The number of carbonyl (C=O) groups excluding carboxylic acids is 1. The van der Waals surface area contributed by atoms with Crippen LogP contribution in [0.5, 0.6) is 5.75 Å². The number of nitrogens with zero attached hydrogens (tertiary/aromatic N) is 3. The van der Waals surface area contributed by atoms with Gasteiger partial charge >= 0.3 is 0 Å². The number of fused-ring (bicyclic) bond motifs is 2. The van der Waals surface area contributed by atoms with Gasteiger partial charge in [0, 0.05) is 48.6 Å². The van der Waals surface area contributed by atoms with Gasteiger partial charge in [0.15, 0.2) is 0 Å². The number of hydrogen-bond donors (Lipinski definition) is 0. The third-order valence-electron chi connectivity index (χ3n) is 5.00. The summed E-state index contributed by atoms with van der Waals surface area (Å²) >= 11 is 6.13. The maximum Gasteiger partial charge on any atom is 0.150 e. The fraction of sp³-hybridized carbons (Fsp3) is 0.259. The molecule has 2 aromatic carbocycles. The highest BCUT2D eigenvalue weighted by Gasteiger charge is 2.04. The number of methoxy groups -OCH3 is 1. The summed E-state index contributed by atoms with van der Waals surface area (Å²) in [5.74, 6) is 0.718. The van der Waals surface area contributed by atoms with E-state index in [1.54, 1.807) is 37.7 Å². The van der Waals surface area contributed by atoms with E-state index in [0.717, 1.165) is 57.4 Å². The third kappa shape index (κ3) is 7.07. The molecule has 0 N–H and O–H groups in total. The summed E-state index contributed by atoms with van der Waals surface area (Å²) in [5.41, 5.74) is 3.42. The summed E-state index contributed by atoms with van der Waals surface area (Å²) in [6.07, 6.45) is 8.42. The summed E-state index contributed by atoms with van der Waals surface area (Å²) in [6.45, 7) is 4.05. The molecule has 7 heteroatoms. The molecule has 0 unspecified atom stereocenters. The van der Waals surface area contributed by atoms with Crippen molar-refractivity contribution in [2.75, 3.05) is 26.9 Å². The molecule has 0 aliphatic heterocycles. The van der Waals surface area contributed by atoms with Gasteiger partial charge in [-0.15, -0.1) is 0 Å². The zero-order valence-electron chi connectivity index (χ0n) is 19.4. The lowest BCUT2D eigenvalue weighted by atomic mass is 10.1. The Hall–Kier alpha value is -3.35. The number of halogens is 1. The number of aliphatic imine (C=N–C) groups is 1. The molecule has 0 atom stereocenters. The molecule has 0 spiro atoms. The number of pyridine rings is 2. The molecule has 0 bridgehead atoms. The summed E-state index contributed by atoms with van der Waals surface area (Å²) < 4.78 is 10.5. The van der Waals surface area contributed by atoms with Gasteiger partial charge in [-0.05, 0) is 54.4 Å². The first kappa shape index (κ1) is 25.3. The topological polar surface area (TPSA) is 73.7 Å². The molecule has 0 radical (unpaired) electrons. The highest BCUT2D eigenvalue weighted by molar-refractivity contribution is 6.35. The Labute approximate surface area is 204 Å². The minimum absolute atomic E-state index is 0.473. The second-order valence-electron chi connectivity index (χ2n) is 7.50. The molecular weight excluding hydrogens is 450 g/mol. The Kier molecular flexibility index (Phi) is 9.95. The van der Waals surface area contributed by atoms with E-state index in [-0.39, 0.29) is 0 Å². The van der Waals surface area contributed by atoms with E-state index < -0.39 is 0 Å². The molecule has 2 heterocycles. The van der Waals surface area contributed by atoms with Crippen molar-refractivity contribution < 1.29 is 14.3 Å². The van der Waals surface area contributed by atoms with Gasteiger partial charge in [0.1, 0.15) is 18.6 Å².